The minimum Gasteiger partial charge on any atom is -0.378 e. The van der Waals surface area contributed by atoms with Crippen LogP contribution in [0.5, 0.6) is 0 Å². The standard InChI is InChI=1S/C28H32N4O2.2C2H6.CH5NO/c1-4-16-29-22(3)28(30-25-12-14-26(15-13-25)32-17-20-34-21-18-32)31-27(5-2)24-10-8-23(9-11-24)7-6-19-33;2*1-2;1-2-3/h4-16,19H,17-18,20-21H2,1-3H3,(H,30,31);2*1-2H3;2-3H,1H3/b7-6+,16-4-,27-5-,29-22?;;;. The van der Waals surface area contributed by atoms with E-state index in [-0.39, 0.29) is 0 Å². The lowest BCUT2D eigenvalue weighted by molar-refractivity contribution is -0.104. The number of allylic oxidation sites excluding steroid dienone is 3. The highest BCUT2D eigenvalue weighted by atomic mass is 16.5. The van der Waals surface area contributed by atoms with Crippen molar-refractivity contribution >= 4 is 41.0 Å². The predicted molar refractivity (Wildman–Crippen MR) is 177 cm³/mol. The third kappa shape index (κ3) is 14.4. The zero-order valence-corrected chi connectivity index (χ0v) is 26.0. The quantitative estimate of drug-likeness (QED) is 0.103. The monoisotopic (exact) mass is 563 g/mol. The maximum absolute atomic E-state index is 10.6. The molecule has 3 N–H and O–H groups in total. The summed E-state index contributed by atoms with van der Waals surface area (Å²) in [5, 5.41) is 10.8. The molecule has 1 fully saturated rings. The number of nitrogens with one attached hydrogen (secondary N) is 2. The summed E-state index contributed by atoms with van der Waals surface area (Å²) in [6.07, 6.45) is 9.65. The van der Waals surface area contributed by atoms with Crippen LogP contribution in [0.1, 0.15) is 59.6 Å². The number of hydrogen-bond acceptors (Lipinski definition) is 7. The molecule has 3 rings (SSSR count). The Bertz CT molecular complexity index is 1110. The van der Waals surface area contributed by atoms with Crippen molar-refractivity contribution in [3.05, 3.63) is 84.1 Å². The van der Waals surface area contributed by atoms with Gasteiger partial charge in [0.2, 0.25) is 0 Å². The van der Waals surface area contributed by atoms with Crippen LogP contribution in [0.3, 0.4) is 0 Å². The summed E-state index contributed by atoms with van der Waals surface area (Å²) >= 11 is 0. The van der Waals surface area contributed by atoms with Gasteiger partial charge in [0.05, 0.1) is 24.6 Å². The van der Waals surface area contributed by atoms with E-state index in [2.05, 4.69) is 39.5 Å². The van der Waals surface area contributed by atoms with Crippen LogP contribution in [0.25, 0.3) is 11.8 Å². The van der Waals surface area contributed by atoms with Crippen LogP contribution in [-0.4, -0.2) is 56.4 Å². The Labute approximate surface area is 247 Å². The molecule has 2 aromatic carbocycles. The minimum atomic E-state index is 0.676. The number of hydrogen-bond donors (Lipinski definition) is 3. The SMILES string of the molecule is C/C=C\N=C(C)C(=N/C(=C\C)c1ccc(/C=C/C=O)cc1)Nc1ccc(N2CCOCC2)cc1.CC.CC.CNO. The van der Waals surface area contributed by atoms with Crippen LogP contribution in [0.4, 0.5) is 11.4 Å². The molecule has 2 aromatic rings. The van der Waals surface area contributed by atoms with Crippen molar-refractivity contribution < 1.29 is 14.7 Å². The lowest BCUT2D eigenvalue weighted by Gasteiger charge is -2.29. The third-order valence-corrected chi connectivity index (χ3v) is 5.35. The van der Waals surface area contributed by atoms with E-state index in [0.29, 0.717) is 5.84 Å². The summed E-state index contributed by atoms with van der Waals surface area (Å²) < 4.78 is 5.45. The fraction of sp³-hybridized carbons (Fsp3) is 0.364. The first-order chi connectivity index (χ1) is 20.1. The molecule has 8 heteroatoms. The van der Waals surface area contributed by atoms with Crippen molar-refractivity contribution in [3.8, 4) is 0 Å². The number of aliphatic imine (C=N–C) groups is 2. The first kappa shape index (κ1) is 37.1. The van der Waals surface area contributed by atoms with E-state index in [9.17, 15) is 4.79 Å². The third-order valence-electron chi connectivity index (χ3n) is 5.35. The Morgan fingerprint density at radius 1 is 0.976 bits per heavy atom. The molecule has 8 nitrogen and oxygen atoms in total. The number of aldehydes is 1. The molecule has 0 aromatic heterocycles. The first-order valence-corrected chi connectivity index (χ1v) is 14.2. The summed E-state index contributed by atoms with van der Waals surface area (Å²) in [7, 11) is 1.43. The molecule has 0 atom stereocenters. The zero-order chi connectivity index (χ0) is 30.9. The molecule has 0 amide bonds. The number of hydroxylamine groups is 1. The molecule has 0 radical (unpaired) electrons. The molecular formula is C33H49N5O3. The van der Waals surface area contributed by atoms with E-state index in [1.165, 1.54) is 18.8 Å². The van der Waals surface area contributed by atoms with Crippen molar-refractivity contribution in [2.45, 2.75) is 48.5 Å². The largest absolute Gasteiger partial charge is 0.378 e. The smallest absolute Gasteiger partial charge is 0.152 e. The van der Waals surface area contributed by atoms with Gasteiger partial charge in [-0.15, -0.1) is 0 Å². The lowest BCUT2D eigenvalue weighted by Crippen LogP contribution is -2.36. The van der Waals surface area contributed by atoms with E-state index in [1.807, 2.05) is 84.9 Å². The molecule has 0 aliphatic carbocycles. The van der Waals surface area contributed by atoms with Crippen molar-refractivity contribution in [2.75, 3.05) is 43.6 Å². The highest BCUT2D eigenvalue weighted by Crippen LogP contribution is 2.21. The van der Waals surface area contributed by atoms with Crippen LogP contribution >= 0.6 is 0 Å². The number of anilines is 2. The van der Waals surface area contributed by atoms with Crippen molar-refractivity contribution in [2.24, 2.45) is 9.98 Å². The molecular weight excluding hydrogens is 514 g/mol. The van der Waals surface area contributed by atoms with E-state index in [1.54, 1.807) is 17.8 Å². The number of ether oxygens (including phenoxy) is 1. The number of benzene rings is 2. The second kappa shape index (κ2) is 24.0. The van der Waals surface area contributed by atoms with Crippen molar-refractivity contribution in [3.63, 3.8) is 0 Å². The molecule has 0 bridgehead atoms. The molecule has 1 aliphatic rings. The van der Waals surface area contributed by atoms with Crippen LogP contribution in [0.2, 0.25) is 0 Å². The number of rotatable bonds is 8. The summed E-state index contributed by atoms with van der Waals surface area (Å²) in [5.74, 6) is 0.676. The number of carbonyl (C=O) groups is 1. The van der Waals surface area contributed by atoms with Crippen LogP contribution in [0, 0.1) is 0 Å². The van der Waals surface area contributed by atoms with Gasteiger partial charge in [0, 0.05) is 37.7 Å². The Morgan fingerprint density at radius 3 is 2.07 bits per heavy atom. The number of amidine groups is 1. The van der Waals surface area contributed by atoms with Gasteiger partial charge < -0.3 is 20.2 Å². The van der Waals surface area contributed by atoms with Crippen molar-refractivity contribution in [1.29, 1.82) is 0 Å². The predicted octanol–water partition coefficient (Wildman–Crippen LogP) is 7.25. The van der Waals surface area contributed by atoms with Gasteiger partial charge in [0.1, 0.15) is 6.29 Å². The molecule has 0 spiro atoms. The Balaban J connectivity index is 0.00000210. The second-order valence-corrected chi connectivity index (χ2v) is 7.94. The summed E-state index contributed by atoms with van der Waals surface area (Å²) in [5.41, 5.74) is 7.42. The second-order valence-electron chi connectivity index (χ2n) is 7.94. The van der Waals surface area contributed by atoms with Gasteiger partial charge in [0.15, 0.2) is 5.84 Å². The molecule has 0 saturated carbocycles. The Hall–Kier alpha value is -3.85. The minimum absolute atomic E-state index is 0.676. The topological polar surface area (TPSA) is 98.6 Å². The van der Waals surface area contributed by atoms with Gasteiger partial charge in [-0.25, -0.2) is 10.5 Å². The van der Waals surface area contributed by atoms with E-state index in [0.717, 1.165) is 60.8 Å². The average Bonchev–Trinajstić information content (AvgIpc) is 3.04. The highest BCUT2D eigenvalue weighted by molar-refractivity contribution is 6.45. The molecule has 1 heterocycles. The van der Waals surface area contributed by atoms with E-state index >= 15 is 0 Å². The van der Waals surface area contributed by atoms with Gasteiger partial charge in [-0.3, -0.25) is 9.79 Å². The van der Waals surface area contributed by atoms with Gasteiger partial charge >= 0.3 is 0 Å². The fourth-order valence-electron chi connectivity index (χ4n) is 3.49. The number of nitrogens with zero attached hydrogens (tertiary/aromatic N) is 3. The van der Waals surface area contributed by atoms with Crippen LogP contribution in [-0.2, 0) is 9.53 Å². The average molecular weight is 564 g/mol. The zero-order valence-electron chi connectivity index (χ0n) is 26.0. The van der Waals surface area contributed by atoms with Gasteiger partial charge in [-0.2, -0.15) is 0 Å². The van der Waals surface area contributed by atoms with Gasteiger partial charge in [-0.05, 0) is 62.2 Å². The summed E-state index contributed by atoms with van der Waals surface area (Å²) in [6, 6.07) is 16.3. The summed E-state index contributed by atoms with van der Waals surface area (Å²) in [4.78, 5) is 22.3. The number of carbonyl (C=O) groups excluding carboxylic acids is 1. The van der Waals surface area contributed by atoms with Crippen molar-refractivity contribution in [1.82, 2.24) is 5.48 Å². The number of morpholine rings is 1. The Kier molecular flexibility index (Phi) is 21.7. The Morgan fingerprint density at radius 2 is 1.56 bits per heavy atom. The maximum Gasteiger partial charge on any atom is 0.152 e. The highest BCUT2D eigenvalue weighted by Gasteiger charge is 2.12. The van der Waals surface area contributed by atoms with Crippen LogP contribution in [0.15, 0.2) is 82.9 Å². The normalized spacial score (nSPS) is 13.9. The van der Waals surface area contributed by atoms with E-state index in [4.69, 9.17) is 14.9 Å². The molecule has 41 heavy (non-hydrogen) atoms. The van der Waals surface area contributed by atoms with E-state index < -0.39 is 0 Å². The fourth-order valence-corrected chi connectivity index (χ4v) is 3.49. The molecule has 1 aliphatic heterocycles. The lowest BCUT2D eigenvalue weighted by atomic mass is 10.1. The van der Waals surface area contributed by atoms with Gasteiger partial charge in [-0.1, -0.05) is 70.2 Å². The molecule has 0 unspecified atom stereocenters. The molecule has 1 saturated heterocycles. The maximum atomic E-state index is 10.6. The molecule has 224 valence electrons. The van der Waals surface area contributed by atoms with Gasteiger partial charge in [0.25, 0.3) is 0 Å². The van der Waals surface area contributed by atoms with Crippen LogP contribution < -0.4 is 15.7 Å². The first-order valence-electron chi connectivity index (χ1n) is 14.2. The summed E-state index contributed by atoms with van der Waals surface area (Å²) in [6.45, 7) is 17.2.